The lowest BCUT2D eigenvalue weighted by Gasteiger charge is -2.37. The van der Waals surface area contributed by atoms with Gasteiger partial charge in [-0.15, -0.1) is 0 Å². The van der Waals surface area contributed by atoms with E-state index in [-0.39, 0.29) is 0 Å². The number of hydrogen-bond donors (Lipinski definition) is 0. The minimum atomic E-state index is 0.458. The van der Waals surface area contributed by atoms with E-state index in [2.05, 4.69) is 86.9 Å². The molecule has 0 spiro atoms. The van der Waals surface area contributed by atoms with Gasteiger partial charge in [0.05, 0.1) is 12.3 Å². The van der Waals surface area contributed by atoms with Crippen molar-refractivity contribution in [3.05, 3.63) is 23.8 Å². The topological polar surface area (TPSA) is 13.0 Å². The van der Waals surface area contributed by atoms with Gasteiger partial charge in [-0.2, -0.15) is 0 Å². The Labute approximate surface area is 156 Å². The Kier molecular flexibility index (Phi) is 7.68. The molecule has 3 atom stereocenters. The molecule has 2 rings (SSSR count). The zero-order chi connectivity index (χ0) is 18.6. The van der Waals surface area contributed by atoms with Crippen molar-refractivity contribution in [2.24, 2.45) is 5.92 Å². The van der Waals surface area contributed by atoms with Crippen molar-refractivity contribution in [1.29, 1.82) is 0 Å². The standard InChI is InChI=1S/C21H40N4/c1-17(2)21-24(7)23(6)19(4)25(21)18(3)16-22(5)15-11-14-20-12-9-8-10-13-20/h8-9,12,17-19,21H,10-11,13-16H2,1-7H3. The van der Waals surface area contributed by atoms with E-state index in [0.29, 0.717) is 24.3 Å². The number of hydrazine groups is 1. The van der Waals surface area contributed by atoms with Crippen LogP contribution in [0.2, 0.25) is 0 Å². The molecule has 1 saturated heterocycles. The van der Waals surface area contributed by atoms with Gasteiger partial charge >= 0.3 is 0 Å². The van der Waals surface area contributed by atoms with Crippen LogP contribution in [0.4, 0.5) is 0 Å². The Morgan fingerprint density at radius 3 is 2.52 bits per heavy atom. The molecule has 0 N–H and O–H groups in total. The molecule has 0 bridgehead atoms. The van der Waals surface area contributed by atoms with Crippen LogP contribution in [0.25, 0.3) is 0 Å². The summed E-state index contributed by atoms with van der Waals surface area (Å²) in [5.41, 5.74) is 1.63. The molecule has 4 heteroatoms. The molecular formula is C21H40N4. The third-order valence-electron chi connectivity index (χ3n) is 5.98. The summed E-state index contributed by atoms with van der Waals surface area (Å²) >= 11 is 0. The van der Waals surface area contributed by atoms with Crippen molar-refractivity contribution >= 4 is 0 Å². The highest BCUT2D eigenvalue weighted by molar-refractivity contribution is 5.17. The molecule has 0 amide bonds. The highest BCUT2D eigenvalue weighted by Gasteiger charge is 2.43. The number of likely N-dealkylation sites (N-methyl/N-ethyl adjacent to an activating group) is 1. The predicted molar refractivity (Wildman–Crippen MR) is 108 cm³/mol. The Morgan fingerprint density at radius 1 is 1.20 bits per heavy atom. The lowest BCUT2D eigenvalue weighted by Crippen LogP contribution is -2.50. The maximum absolute atomic E-state index is 2.69. The second-order valence-corrected chi connectivity index (χ2v) is 8.39. The summed E-state index contributed by atoms with van der Waals surface area (Å²) in [5.74, 6) is 0.622. The average molecular weight is 349 g/mol. The highest BCUT2D eigenvalue weighted by Crippen LogP contribution is 2.29. The maximum atomic E-state index is 2.69. The molecule has 144 valence electrons. The van der Waals surface area contributed by atoms with Gasteiger partial charge in [-0.05, 0) is 59.0 Å². The summed E-state index contributed by atoms with van der Waals surface area (Å²) in [6, 6.07) is 0.552. The second kappa shape index (κ2) is 9.31. The maximum Gasteiger partial charge on any atom is 0.0796 e. The largest absolute Gasteiger partial charge is 0.305 e. The van der Waals surface area contributed by atoms with Crippen LogP contribution in [0.3, 0.4) is 0 Å². The van der Waals surface area contributed by atoms with Gasteiger partial charge in [0.2, 0.25) is 0 Å². The van der Waals surface area contributed by atoms with Gasteiger partial charge < -0.3 is 4.90 Å². The molecule has 2 aliphatic rings. The fourth-order valence-corrected chi connectivity index (χ4v) is 4.54. The third kappa shape index (κ3) is 5.16. The van der Waals surface area contributed by atoms with Gasteiger partial charge in [-0.25, -0.2) is 10.0 Å². The normalized spacial score (nSPS) is 27.5. The van der Waals surface area contributed by atoms with E-state index in [4.69, 9.17) is 0 Å². The van der Waals surface area contributed by atoms with Crippen LogP contribution in [-0.2, 0) is 0 Å². The van der Waals surface area contributed by atoms with Crippen LogP contribution in [0.15, 0.2) is 23.8 Å². The summed E-state index contributed by atoms with van der Waals surface area (Å²) in [6.07, 6.45) is 12.8. The first-order chi connectivity index (χ1) is 11.8. The van der Waals surface area contributed by atoms with E-state index in [1.54, 1.807) is 5.57 Å². The highest BCUT2D eigenvalue weighted by atomic mass is 15.8. The number of hydrogen-bond acceptors (Lipinski definition) is 4. The van der Waals surface area contributed by atoms with Crippen molar-refractivity contribution < 1.29 is 0 Å². The first kappa shape index (κ1) is 20.6. The van der Waals surface area contributed by atoms with Crippen LogP contribution in [-0.4, -0.2) is 72.4 Å². The lowest BCUT2D eigenvalue weighted by atomic mass is 10.0. The van der Waals surface area contributed by atoms with Gasteiger partial charge in [0.1, 0.15) is 0 Å². The molecule has 1 aliphatic heterocycles. The number of allylic oxidation sites excluding steroid dienone is 4. The Bertz CT molecular complexity index is 471. The Morgan fingerprint density at radius 2 is 1.92 bits per heavy atom. The van der Waals surface area contributed by atoms with Gasteiger partial charge in [0.25, 0.3) is 0 Å². The number of nitrogens with zero attached hydrogens (tertiary/aromatic N) is 4. The summed E-state index contributed by atoms with van der Waals surface area (Å²) in [4.78, 5) is 5.21. The van der Waals surface area contributed by atoms with Gasteiger partial charge in [0, 0.05) is 26.7 Å². The average Bonchev–Trinajstić information content (AvgIpc) is 2.80. The lowest BCUT2D eigenvalue weighted by molar-refractivity contribution is 0.0118. The molecule has 3 unspecified atom stereocenters. The first-order valence-electron chi connectivity index (χ1n) is 10.1. The summed E-state index contributed by atoms with van der Waals surface area (Å²) in [6.45, 7) is 11.7. The zero-order valence-corrected chi connectivity index (χ0v) is 17.6. The molecule has 4 nitrogen and oxygen atoms in total. The van der Waals surface area contributed by atoms with E-state index < -0.39 is 0 Å². The molecule has 0 aromatic carbocycles. The molecule has 0 saturated carbocycles. The van der Waals surface area contributed by atoms with Crippen LogP contribution >= 0.6 is 0 Å². The molecule has 1 fully saturated rings. The molecule has 0 aromatic rings. The quantitative estimate of drug-likeness (QED) is 0.662. The summed E-state index contributed by atoms with van der Waals surface area (Å²) < 4.78 is 0. The van der Waals surface area contributed by atoms with E-state index in [9.17, 15) is 0 Å². The van der Waals surface area contributed by atoms with Gasteiger partial charge in [-0.3, -0.25) is 4.90 Å². The van der Waals surface area contributed by atoms with Crippen molar-refractivity contribution in [3.63, 3.8) is 0 Å². The van der Waals surface area contributed by atoms with Crippen LogP contribution in [0, 0.1) is 5.92 Å². The summed E-state index contributed by atoms with van der Waals surface area (Å²) in [7, 11) is 6.72. The van der Waals surface area contributed by atoms with E-state index in [0.717, 1.165) is 6.54 Å². The van der Waals surface area contributed by atoms with Crippen molar-refractivity contribution in [2.75, 3.05) is 34.2 Å². The SMILES string of the molecule is CC(C)C1N(C(C)CN(C)CCCC2=CC=CCC2)C(C)N(C)N1C. The van der Waals surface area contributed by atoms with Crippen LogP contribution in [0.1, 0.15) is 53.4 Å². The number of rotatable bonds is 8. The Hall–Kier alpha value is -0.680. The first-order valence-corrected chi connectivity index (χ1v) is 10.1. The van der Waals surface area contributed by atoms with E-state index in [1.165, 1.54) is 32.2 Å². The van der Waals surface area contributed by atoms with Crippen molar-refractivity contribution in [1.82, 2.24) is 19.8 Å². The Balaban J connectivity index is 1.83. The van der Waals surface area contributed by atoms with Gasteiger partial charge in [-0.1, -0.05) is 37.6 Å². The van der Waals surface area contributed by atoms with Crippen LogP contribution in [0.5, 0.6) is 0 Å². The van der Waals surface area contributed by atoms with Crippen molar-refractivity contribution in [2.45, 2.75) is 71.8 Å². The minimum Gasteiger partial charge on any atom is -0.305 e. The minimum absolute atomic E-state index is 0.458. The fourth-order valence-electron chi connectivity index (χ4n) is 4.54. The fraction of sp³-hybridized carbons (Fsp3) is 0.810. The van der Waals surface area contributed by atoms with Gasteiger partial charge in [0.15, 0.2) is 0 Å². The van der Waals surface area contributed by atoms with E-state index in [1.807, 2.05) is 0 Å². The predicted octanol–water partition coefficient (Wildman–Crippen LogP) is 3.79. The molecule has 0 radical (unpaired) electrons. The van der Waals surface area contributed by atoms with Crippen LogP contribution < -0.4 is 0 Å². The summed E-state index contributed by atoms with van der Waals surface area (Å²) in [5, 5.41) is 4.79. The van der Waals surface area contributed by atoms with E-state index >= 15 is 0 Å². The third-order valence-corrected chi connectivity index (χ3v) is 5.98. The van der Waals surface area contributed by atoms with Crippen molar-refractivity contribution in [3.8, 4) is 0 Å². The molecule has 1 heterocycles. The molecule has 0 aromatic heterocycles. The molecule has 1 aliphatic carbocycles. The monoisotopic (exact) mass is 348 g/mol. The second-order valence-electron chi connectivity index (χ2n) is 8.39. The molecular weight excluding hydrogens is 308 g/mol. The molecule has 25 heavy (non-hydrogen) atoms. The zero-order valence-electron chi connectivity index (χ0n) is 17.6. The smallest absolute Gasteiger partial charge is 0.0796 e.